The Kier molecular flexibility index (Phi) is 6.32. The minimum absolute atomic E-state index is 0.0392. The molecule has 0 spiro atoms. The fourth-order valence-corrected chi connectivity index (χ4v) is 3.87. The van der Waals surface area contributed by atoms with E-state index in [1.165, 1.54) is 32.9 Å². The van der Waals surface area contributed by atoms with Crippen LogP contribution >= 0.6 is 0 Å². The van der Waals surface area contributed by atoms with Crippen LogP contribution < -0.4 is 4.90 Å². The van der Waals surface area contributed by atoms with Gasteiger partial charge in [-0.3, -0.25) is 14.6 Å². The van der Waals surface area contributed by atoms with Crippen molar-refractivity contribution in [3.8, 4) is 11.5 Å². The van der Waals surface area contributed by atoms with Crippen LogP contribution in [0.3, 0.4) is 0 Å². The number of amides is 1. The van der Waals surface area contributed by atoms with Gasteiger partial charge in [0.15, 0.2) is 11.6 Å². The third-order valence-corrected chi connectivity index (χ3v) is 5.78. The number of anilines is 1. The molecule has 0 atom stereocenters. The van der Waals surface area contributed by atoms with Crippen LogP contribution in [0.15, 0.2) is 49.3 Å². The summed E-state index contributed by atoms with van der Waals surface area (Å²) in [4.78, 5) is 40.5. The van der Waals surface area contributed by atoms with Gasteiger partial charge in [0.2, 0.25) is 5.95 Å². The Hall–Kier alpha value is -5.08. The zero-order chi connectivity index (χ0) is 25.9. The number of hydrogen-bond acceptors (Lipinski definition) is 10. The summed E-state index contributed by atoms with van der Waals surface area (Å²) in [6, 6.07) is 3.58. The first-order chi connectivity index (χ1) is 18.0. The van der Waals surface area contributed by atoms with Gasteiger partial charge in [-0.05, 0) is 29.5 Å². The Morgan fingerprint density at radius 1 is 1.16 bits per heavy atom. The highest BCUT2D eigenvalue weighted by Gasteiger charge is 2.28. The van der Waals surface area contributed by atoms with Crippen molar-refractivity contribution < 1.29 is 14.0 Å². The number of likely N-dealkylation sites (N-methyl/N-ethyl adjacent to an activating group) is 2. The van der Waals surface area contributed by atoms with Crippen LogP contribution in [0.1, 0.15) is 17.3 Å². The molecule has 0 unspecified atom stereocenters. The van der Waals surface area contributed by atoms with E-state index in [0.29, 0.717) is 18.2 Å². The third kappa shape index (κ3) is 4.37. The lowest BCUT2D eigenvalue weighted by Crippen LogP contribution is -2.41. The van der Waals surface area contributed by atoms with Crippen molar-refractivity contribution in [3.63, 3.8) is 0 Å². The van der Waals surface area contributed by atoms with Crippen LogP contribution in [0.2, 0.25) is 0 Å². The molecule has 0 fully saturated rings. The normalized spacial score (nSPS) is 11.1. The Labute approximate surface area is 208 Å². The molecule has 37 heavy (non-hydrogen) atoms. The maximum absolute atomic E-state index is 14.8. The molecule has 0 aliphatic carbocycles. The maximum atomic E-state index is 14.8. The second-order valence-electron chi connectivity index (χ2n) is 7.97. The molecule has 5 heterocycles. The second kappa shape index (κ2) is 9.88. The monoisotopic (exact) mass is 504 g/mol. The lowest BCUT2D eigenvalue weighted by atomic mass is 10.1. The quantitative estimate of drug-likeness (QED) is 0.225. The second-order valence-corrected chi connectivity index (χ2v) is 7.97. The number of carbonyl (C=O) groups is 2. The average molecular weight is 504 g/mol. The van der Waals surface area contributed by atoms with Gasteiger partial charge in [0, 0.05) is 39.1 Å². The first-order valence-electron chi connectivity index (χ1n) is 11.2. The molecule has 1 amide bonds. The maximum Gasteiger partial charge on any atom is 0.295 e. The van der Waals surface area contributed by atoms with Crippen LogP contribution in [-0.4, -0.2) is 93.4 Å². The SMILES string of the molecule is CCN(CCN(C)c1nnnn1-c1cccnc1)C(=O)C(=O)c1c[nH]c2c(-n3ccnn3)ncc(F)c12. The van der Waals surface area contributed by atoms with Gasteiger partial charge >= 0.3 is 0 Å². The van der Waals surface area contributed by atoms with E-state index in [-0.39, 0.29) is 35.4 Å². The van der Waals surface area contributed by atoms with Crippen molar-refractivity contribution in [1.82, 2.24) is 55.1 Å². The number of H-pyrrole nitrogens is 1. The average Bonchev–Trinajstić information content (AvgIpc) is 3.70. The van der Waals surface area contributed by atoms with Crippen molar-refractivity contribution >= 4 is 28.5 Å². The van der Waals surface area contributed by atoms with E-state index in [0.717, 1.165) is 6.20 Å². The number of aromatic nitrogens is 10. The molecule has 5 aromatic rings. The van der Waals surface area contributed by atoms with E-state index in [1.807, 2.05) is 6.07 Å². The van der Waals surface area contributed by atoms with Crippen molar-refractivity contribution in [1.29, 1.82) is 0 Å². The summed E-state index contributed by atoms with van der Waals surface area (Å²) in [5.74, 6) is -1.65. The minimum atomic E-state index is -0.842. The number of halogens is 1. The molecular weight excluding hydrogens is 483 g/mol. The molecule has 14 nitrogen and oxygen atoms in total. The van der Waals surface area contributed by atoms with Gasteiger partial charge in [0.1, 0.15) is 0 Å². The number of pyridine rings is 2. The Balaban J connectivity index is 1.34. The highest BCUT2D eigenvalue weighted by atomic mass is 19.1. The summed E-state index contributed by atoms with van der Waals surface area (Å²) < 4.78 is 17.6. The van der Waals surface area contributed by atoms with Crippen molar-refractivity contribution in [3.05, 3.63) is 60.7 Å². The van der Waals surface area contributed by atoms with Gasteiger partial charge in [-0.25, -0.2) is 14.1 Å². The van der Waals surface area contributed by atoms with E-state index in [4.69, 9.17) is 0 Å². The first kappa shape index (κ1) is 23.7. The Morgan fingerprint density at radius 2 is 2.03 bits per heavy atom. The van der Waals surface area contributed by atoms with Crippen LogP contribution in [0.25, 0.3) is 22.4 Å². The molecule has 5 aromatic heterocycles. The summed E-state index contributed by atoms with van der Waals surface area (Å²) >= 11 is 0. The summed E-state index contributed by atoms with van der Waals surface area (Å²) in [6.07, 6.45) is 8.53. The fourth-order valence-electron chi connectivity index (χ4n) is 3.87. The van der Waals surface area contributed by atoms with E-state index < -0.39 is 17.5 Å². The molecule has 1 N–H and O–H groups in total. The predicted octanol–water partition coefficient (Wildman–Crippen LogP) is 0.821. The molecule has 0 radical (unpaired) electrons. The number of nitrogens with one attached hydrogen (secondary N) is 1. The van der Waals surface area contributed by atoms with Crippen LogP contribution in [0.4, 0.5) is 10.3 Å². The predicted molar refractivity (Wildman–Crippen MR) is 128 cm³/mol. The number of fused-ring (bicyclic) bond motifs is 1. The number of Topliss-reactive ketones (excluding diaryl/α,β-unsaturated/α-hetero) is 1. The Bertz CT molecular complexity index is 1550. The van der Waals surface area contributed by atoms with Crippen LogP contribution in [-0.2, 0) is 4.79 Å². The zero-order valence-corrected chi connectivity index (χ0v) is 19.9. The molecule has 0 saturated heterocycles. The van der Waals surface area contributed by atoms with Gasteiger partial charge < -0.3 is 14.8 Å². The topological polar surface area (TPSA) is 156 Å². The lowest BCUT2D eigenvalue weighted by molar-refractivity contribution is -0.126. The van der Waals surface area contributed by atoms with Gasteiger partial charge in [0.25, 0.3) is 11.7 Å². The molecule has 0 aromatic carbocycles. The third-order valence-electron chi connectivity index (χ3n) is 5.78. The number of carbonyl (C=O) groups excluding carboxylic acids is 2. The molecule has 15 heteroatoms. The van der Waals surface area contributed by atoms with Crippen LogP contribution in [0.5, 0.6) is 0 Å². The summed E-state index contributed by atoms with van der Waals surface area (Å²) in [5, 5.41) is 19.3. The molecule has 0 saturated carbocycles. The molecular formula is C22H21FN12O2. The molecule has 0 aliphatic rings. The summed E-state index contributed by atoms with van der Waals surface area (Å²) in [7, 11) is 1.77. The lowest BCUT2D eigenvalue weighted by Gasteiger charge is -2.24. The van der Waals surface area contributed by atoms with E-state index in [9.17, 15) is 14.0 Å². The highest BCUT2D eigenvalue weighted by molar-refractivity contribution is 6.45. The van der Waals surface area contributed by atoms with Gasteiger partial charge in [0.05, 0.1) is 46.9 Å². The number of ketones is 1. The highest BCUT2D eigenvalue weighted by Crippen LogP contribution is 2.26. The number of nitrogens with zero attached hydrogens (tertiary/aromatic N) is 11. The zero-order valence-electron chi connectivity index (χ0n) is 19.9. The van der Waals surface area contributed by atoms with E-state index >= 15 is 0 Å². The number of rotatable bonds is 9. The fraction of sp³-hybridized carbons (Fsp3) is 0.227. The summed E-state index contributed by atoms with van der Waals surface area (Å²) in [5.41, 5.74) is 0.814. The Morgan fingerprint density at radius 3 is 2.76 bits per heavy atom. The number of hydrogen-bond donors (Lipinski definition) is 1. The van der Waals surface area contributed by atoms with Crippen LogP contribution in [0, 0.1) is 5.82 Å². The number of aromatic amines is 1. The van der Waals surface area contributed by atoms with E-state index in [1.54, 1.807) is 37.3 Å². The molecule has 188 valence electrons. The van der Waals surface area contributed by atoms with E-state index in [2.05, 4.69) is 40.8 Å². The van der Waals surface area contributed by atoms with Gasteiger partial charge in [-0.15, -0.1) is 5.10 Å². The smallest absolute Gasteiger partial charge is 0.295 e. The first-order valence-corrected chi connectivity index (χ1v) is 11.2. The van der Waals surface area contributed by atoms with Gasteiger partial charge in [-0.1, -0.05) is 10.3 Å². The van der Waals surface area contributed by atoms with Gasteiger partial charge in [-0.2, -0.15) is 4.68 Å². The van der Waals surface area contributed by atoms with Crippen molar-refractivity contribution in [2.75, 3.05) is 31.6 Å². The minimum Gasteiger partial charge on any atom is -0.357 e. The summed E-state index contributed by atoms with van der Waals surface area (Å²) in [6.45, 7) is 2.56. The van der Waals surface area contributed by atoms with Crippen molar-refractivity contribution in [2.24, 2.45) is 0 Å². The largest absolute Gasteiger partial charge is 0.357 e. The molecule has 0 aliphatic heterocycles. The standard InChI is InChI=1S/C22H21FN12O2/c1-3-33(10-9-32(2)22-28-29-31-35(22)14-5-4-6-24-11-14)21(37)19(36)15-12-25-18-17(15)16(23)13-26-20(18)34-8-7-27-30-34/h4-8,11-13,25H,3,9-10H2,1-2H3. The number of tetrazole rings is 1. The van der Waals surface area contributed by atoms with Crippen molar-refractivity contribution in [2.45, 2.75) is 6.92 Å². The molecule has 5 rings (SSSR count). The molecule has 0 bridgehead atoms.